The zero-order valence-corrected chi connectivity index (χ0v) is 15.0. The highest BCUT2D eigenvalue weighted by atomic mass is 16.3. The van der Waals surface area contributed by atoms with Crippen LogP contribution in [0.5, 0.6) is 0 Å². The van der Waals surface area contributed by atoms with E-state index in [1.165, 1.54) is 12.4 Å². The van der Waals surface area contributed by atoms with E-state index in [2.05, 4.69) is 34.4 Å². The van der Waals surface area contributed by atoms with Crippen LogP contribution in [0.1, 0.15) is 41.1 Å². The van der Waals surface area contributed by atoms with Crippen molar-refractivity contribution in [2.45, 2.75) is 33.2 Å². The molecule has 0 aliphatic heterocycles. The van der Waals surface area contributed by atoms with Crippen molar-refractivity contribution in [3.05, 3.63) is 71.4 Å². The van der Waals surface area contributed by atoms with Gasteiger partial charge in [-0.1, -0.05) is 32.0 Å². The molecule has 26 heavy (non-hydrogen) atoms. The van der Waals surface area contributed by atoms with Crippen molar-refractivity contribution in [2.75, 3.05) is 10.6 Å². The number of amides is 1. The van der Waals surface area contributed by atoms with Crippen molar-refractivity contribution in [3.63, 3.8) is 0 Å². The molecule has 0 saturated carbocycles. The molecule has 6 nitrogen and oxygen atoms in total. The van der Waals surface area contributed by atoms with Crippen molar-refractivity contribution < 1.29 is 9.21 Å². The molecule has 0 saturated heterocycles. The number of benzene rings is 1. The summed E-state index contributed by atoms with van der Waals surface area (Å²) in [5.41, 5.74) is 3.55. The molecule has 6 heteroatoms. The van der Waals surface area contributed by atoms with E-state index in [4.69, 9.17) is 4.42 Å². The average Bonchev–Trinajstić information content (AvgIpc) is 3.20. The summed E-state index contributed by atoms with van der Waals surface area (Å²) in [7, 11) is 0. The number of para-hydroxylation sites is 1. The maximum atomic E-state index is 12.6. The summed E-state index contributed by atoms with van der Waals surface area (Å²) in [6, 6.07) is 9.78. The Bertz CT molecular complexity index is 836. The molecule has 0 bridgehead atoms. The normalized spacial score (nSPS) is 10.5. The van der Waals surface area contributed by atoms with Gasteiger partial charge in [-0.15, -0.1) is 0 Å². The van der Waals surface area contributed by atoms with Gasteiger partial charge in [0.2, 0.25) is 5.95 Å². The van der Waals surface area contributed by atoms with Crippen molar-refractivity contribution in [1.29, 1.82) is 0 Å². The second-order valence-electron chi connectivity index (χ2n) is 5.84. The molecular weight excluding hydrogens is 328 g/mol. The van der Waals surface area contributed by atoms with E-state index in [-0.39, 0.29) is 5.91 Å². The Balaban J connectivity index is 1.69. The van der Waals surface area contributed by atoms with Gasteiger partial charge in [-0.3, -0.25) is 4.79 Å². The van der Waals surface area contributed by atoms with Gasteiger partial charge in [0.15, 0.2) is 0 Å². The first-order valence-electron chi connectivity index (χ1n) is 8.71. The van der Waals surface area contributed by atoms with Gasteiger partial charge >= 0.3 is 0 Å². The van der Waals surface area contributed by atoms with Crippen molar-refractivity contribution in [2.24, 2.45) is 0 Å². The van der Waals surface area contributed by atoms with Gasteiger partial charge in [0.25, 0.3) is 5.91 Å². The fraction of sp³-hybridized carbons (Fsp3) is 0.250. The number of aryl methyl sites for hydroxylation is 2. The Kier molecular flexibility index (Phi) is 5.63. The summed E-state index contributed by atoms with van der Waals surface area (Å²) < 4.78 is 5.24. The third-order valence-corrected chi connectivity index (χ3v) is 4.15. The Morgan fingerprint density at radius 3 is 2.31 bits per heavy atom. The zero-order chi connectivity index (χ0) is 18.4. The molecule has 0 unspecified atom stereocenters. The van der Waals surface area contributed by atoms with Gasteiger partial charge in [0.05, 0.1) is 18.4 Å². The van der Waals surface area contributed by atoms with E-state index in [1.807, 2.05) is 30.3 Å². The standard InChI is InChI=1S/C20H22N4O2/c1-3-14-7-5-8-15(4-2)18(14)24-19(25)16-11-21-20(22-12-16)23-13-17-9-6-10-26-17/h5-12H,3-4,13H2,1-2H3,(H,24,25)(H,21,22,23). The smallest absolute Gasteiger partial charge is 0.258 e. The number of hydrogen-bond donors (Lipinski definition) is 2. The highest BCUT2D eigenvalue weighted by Crippen LogP contribution is 2.23. The van der Waals surface area contributed by atoms with Crippen LogP contribution in [0.3, 0.4) is 0 Å². The number of carbonyl (C=O) groups is 1. The average molecular weight is 350 g/mol. The minimum atomic E-state index is -0.210. The van der Waals surface area contributed by atoms with Gasteiger partial charge in [-0.25, -0.2) is 9.97 Å². The van der Waals surface area contributed by atoms with Crippen molar-refractivity contribution in [1.82, 2.24) is 9.97 Å². The molecule has 0 fully saturated rings. The number of hydrogen-bond acceptors (Lipinski definition) is 5. The maximum Gasteiger partial charge on any atom is 0.258 e. The van der Waals surface area contributed by atoms with Crippen LogP contribution in [0.2, 0.25) is 0 Å². The minimum Gasteiger partial charge on any atom is -0.467 e. The van der Waals surface area contributed by atoms with Crippen LogP contribution in [0.15, 0.2) is 53.4 Å². The largest absolute Gasteiger partial charge is 0.467 e. The summed E-state index contributed by atoms with van der Waals surface area (Å²) in [5, 5.41) is 6.07. The molecule has 0 aliphatic carbocycles. The molecule has 0 spiro atoms. The van der Waals surface area contributed by atoms with E-state index in [9.17, 15) is 4.79 Å². The highest BCUT2D eigenvalue weighted by Gasteiger charge is 2.12. The molecule has 2 aromatic heterocycles. The molecule has 1 amide bonds. The molecule has 2 heterocycles. The third-order valence-electron chi connectivity index (χ3n) is 4.15. The maximum absolute atomic E-state index is 12.6. The Labute approximate surface area is 152 Å². The second-order valence-corrected chi connectivity index (χ2v) is 5.84. The number of nitrogens with one attached hydrogen (secondary N) is 2. The lowest BCUT2D eigenvalue weighted by atomic mass is 10.0. The number of anilines is 2. The lowest BCUT2D eigenvalue weighted by Gasteiger charge is -2.14. The zero-order valence-electron chi connectivity index (χ0n) is 15.0. The van der Waals surface area contributed by atoms with Crippen LogP contribution in [0.4, 0.5) is 11.6 Å². The summed E-state index contributed by atoms with van der Waals surface area (Å²) >= 11 is 0. The predicted molar refractivity (Wildman–Crippen MR) is 101 cm³/mol. The van der Waals surface area contributed by atoms with E-state index >= 15 is 0 Å². The molecule has 0 aliphatic rings. The number of carbonyl (C=O) groups excluding carboxylic acids is 1. The van der Waals surface area contributed by atoms with Crippen LogP contribution in [-0.2, 0) is 19.4 Å². The van der Waals surface area contributed by atoms with E-state index in [0.29, 0.717) is 18.1 Å². The quantitative estimate of drug-likeness (QED) is 0.672. The summed E-state index contributed by atoms with van der Waals surface area (Å²) in [4.78, 5) is 21.0. The molecule has 0 atom stereocenters. The Morgan fingerprint density at radius 1 is 1.04 bits per heavy atom. The number of aromatic nitrogens is 2. The van der Waals surface area contributed by atoms with Gasteiger partial charge in [0.1, 0.15) is 5.76 Å². The highest BCUT2D eigenvalue weighted by molar-refractivity contribution is 6.04. The lowest BCUT2D eigenvalue weighted by Crippen LogP contribution is -2.16. The van der Waals surface area contributed by atoms with E-state index in [0.717, 1.165) is 35.4 Å². The molecule has 134 valence electrons. The SMILES string of the molecule is CCc1cccc(CC)c1NC(=O)c1cnc(NCc2ccco2)nc1. The van der Waals surface area contributed by atoms with Crippen molar-refractivity contribution in [3.8, 4) is 0 Å². The summed E-state index contributed by atoms with van der Waals surface area (Å²) in [6.45, 7) is 4.64. The predicted octanol–water partition coefficient (Wildman–Crippen LogP) is 4.06. The number of rotatable bonds is 7. The van der Waals surface area contributed by atoms with E-state index < -0.39 is 0 Å². The van der Waals surface area contributed by atoms with Crippen LogP contribution in [-0.4, -0.2) is 15.9 Å². The monoisotopic (exact) mass is 350 g/mol. The number of furan rings is 1. The van der Waals surface area contributed by atoms with E-state index in [1.54, 1.807) is 6.26 Å². The molecular formula is C20H22N4O2. The number of nitrogens with zero attached hydrogens (tertiary/aromatic N) is 2. The van der Waals surface area contributed by atoms with Crippen LogP contribution in [0, 0.1) is 0 Å². The molecule has 1 aromatic carbocycles. The van der Waals surface area contributed by atoms with Crippen LogP contribution >= 0.6 is 0 Å². The van der Waals surface area contributed by atoms with Crippen molar-refractivity contribution >= 4 is 17.5 Å². The molecule has 3 rings (SSSR count). The fourth-order valence-electron chi connectivity index (χ4n) is 2.70. The van der Waals surface area contributed by atoms with Crippen LogP contribution in [0.25, 0.3) is 0 Å². The summed E-state index contributed by atoms with van der Waals surface area (Å²) in [6.07, 6.45) is 6.37. The summed E-state index contributed by atoms with van der Waals surface area (Å²) in [5.74, 6) is 1.03. The molecule has 3 aromatic rings. The second kappa shape index (κ2) is 8.29. The van der Waals surface area contributed by atoms with Crippen LogP contribution < -0.4 is 10.6 Å². The fourth-order valence-corrected chi connectivity index (χ4v) is 2.70. The Hall–Kier alpha value is -3.15. The van der Waals surface area contributed by atoms with Gasteiger partial charge in [0, 0.05) is 18.1 Å². The molecule has 2 N–H and O–H groups in total. The van der Waals surface area contributed by atoms with Gasteiger partial charge in [-0.05, 0) is 36.1 Å². The minimum absolute atomic E-state index is 0.210. The third kappa shape index (κ3) is 4.08. The first kappa shape index (κ1) is 17.7. The Morgan fingerprint density at radius 2 is 1.73 bits per heavy atom. The topological polar surface area (TPSA) is 80.0 Å². The molecule has 0 radical (unpaired) electrons. The van der Waals surface area contributed by atoms with Gasteiger partial charge in [-0.2, -0.15) is 0 Å². The first-order valence-corrected chi connectivity index (χ1v) is 8.71. The first-order chi connectivity index (χ1) is 12.7. The van der Waals surface area contributed by atoms with Gasteiger partial charge < -0.3 is 15.1 Å². The lowest BCUT2D eigenvalue weighted by molar-refractivity contribution is 0.102.